The number of rotatable bonds is 8. The third-order valence-electron chi connectivity index (χ3n) is 2.40. The molecule has 0 aromatic carbocycles. The van der Waals surface area contributed by atoms with Crippen molar-refractivity contribution in [2.45, 2.75) is 39.3 Å². The zero-order valence-electron chi connectivity index (χ0n) is 9.93. The van der Waals surface area contributed by atoms with Crippen LogP contribution in [0.15, 0.2) is 18.7 Å². The highest BCUT2D eigenvalue weighted by molar-refractivity contribution is 7.99. The molecule has 88 valence electrons. The van der Waals surface area contributed by atoms with Crippen LogP contribution in [0, 0.1) is 11.3 Å². The number of hydrogen-bond donors (Lipinski definition) is 0. The average molecular weight is 238 g/mol. The van der Waals surface area contributed by atoms with E-state index in [0.717, 1.165) is 25.9 Å². The molecular weight excluding hydrogens is 218 g/mol. The molecule has 0 atom stereocenters. The zero-order valence-corrected chi connectivity index (χ0v) is 10.7. The summed E-state index contributed by atoms with van der Waals surface area (Å²) in [5.41, 5.74) is 0. The smallest absolute Gasteiger partial charge is 0.237 e. The molecule has 0 unspecified atom stereocenters. The van der Waals surface area contributed by atoms with Gasteiger partial charge in [-0.05, 0) is 18.6 Å². The van der Waals surface area contributed by atoms with E-state index in [9.17, 15) is 0 Å². The fourth-order valence-corrected chi connectivity index (χ4v) is 2.14. The number of aryl methyl sites for hydroxylation is 2. The Labute approximate surface area is 102 Å². The largest absolute Gasteiger partial charge is 0.243 e. The third kappa shape index (κ3) is 5.22. The maximum Gasteiger partial charge on any atom is 0.243 e. The predicted octanol–water partition coefficient (Wildman–Crippen LogP) is 2.22. The van der Waals surface area contributed by atoms with E-state index < -0.39 is 0 Å². The van der Waals surface area contributed by atoms with Crippen LogP contribution in [0.5, 0.6) is 0 Å². The van der Waals surface area contributed by atoms with Crippen molar-refractivity contribution >= 4 is 11.8 Å². The highest BCUT2D eigenvalue weighted by Gasteiger charge is 2.02. The van der Waals surface area contributed by atoms with Crippen molar-refractivity contribution in [2.24, 2.45) is 0 Å². The molecule has 3 nitrogen and oxygen atoms in total. The van der Waals surface area contributed by atoms with E-state index in [4.69, 9.17) is 5.26 Å². The van der Waals surface area contributed by atoms with Gasteiger partial charge in [0.25, 0.3) is 0 Å². The van der Waals surface area contributed by atoms with Gasteiger partial charge in [0, 0.05) is 12.2 Å². The number of nitrogens with zero attached hydrogens (tertiary/aromatic N) is 3. The molecular formula is C12H20N3S+. The fourth-order valence-electron chi connectivity index (χ4n) is 1.52. The Kier molecular flexibility index (Phi) is 6.75. The first-order valence-electron chi connectivity index (χ1n) is 5.86. The molecule has 0 N–H and O–H groups in total. The number of unbranched alkanes of at least 4 members (excludes halogenated alkanes) is 2. The summed E-state index contributed by atoms with van der Waals surface area (Å²) in [6.07, 6.45) is 9.16. The fraction of sp³-hybridized carbons (Fsp3) is 0.667. The van der Waals surface area contributed by atoms with Crippen molar-refractivity contribution in [3.8, 4) is 6.07 Å². The lowest BCUT2D eigenvalue weighted by molar-refractivity contribution is -0.696. The molecule has 1 heterocycles. The van der Waals surface area contributed by atoms with Crippen molar-refractivity contribution in [1.29, 1.82) is 5.26 Å². The van der Waals surface area contributed by atoms with Gasteiger partial charge in [0.1, 0.15) is 12.4 Å². The van der Waals surface area contributed by atoms with Gasteiger partial charge in [-0.25, -0.2) is 9.13 Å². The van der Waals surface area contributed by atoms with Gasteiger partial charge in [-0.3, -0.25) is 0 Å². The number of aromatic nitrogens is 2. The summed E-state index contributed by atoms with van der Waals surface area (Å²) < 4.78 is 4.43. The molecule has 0 amide bonds. The van der Waals surface area contributed by atoms with E-state index >= 15 is 0 Å². The number of thioether (sulfide) groups is 1. The summed E-state index contributed by atoms with van der Waals surface area (Å²) in [6.45, 7) is 4.30. The molecule has 1 aromatic heterocycles. The summed E-state index contributed by atoms with van der Waals surface area (Å²) in [4.78, 5) is 0. The molecule has 1 aromatic rings. The van der Waals surface area contributed by atoms with Gasteiger partial charge in [0.15, 0.2) is 0 Å². The molecule has 0 radical (unpaired) electrons. The second-order valence-corrected chi connectivity index (χ2v) is 5.10. The van der Waals surface area contributed by atoms with Gasteiger partial charge >= 0.3 is 0 Å². The number of hydrogen-bond acceptors (Lipinski definition) is 2. The normalized spacial score (nSPS) is 10.2. The van der Waals surface area contributed by atoms with Crippen LogP contribution in [-0.2, 0) is 13.1 Å². The van der Waals surface area contributed by atoms with Crippen LogP contribution in [0.3, 0.4) is 0 Å². The van der Waals surface area contributed by atoms with Crippen LogP contribution in [0.4, 0.5) is 0 Å². The first-order chi connectivity index (χ1) is 7.86. The molecule has 0 aliphatic rings. The molecule has 0 fully saturated rings. The Morgan fingerprint density at radius 1 is 1.44 bits per heavy atom. The lowest BCUT2D eigenvalue weighted by Gasteiger charge is -1.95. The van der Waals surface area contributed by atoms with Crippen LogP contribution in [0.2, 0.25) is 0 Å². The van der Waals surface area contributed by atoms with Crippen molar-refractivity contribution in [1.82, 2.24) is 4.57 Å². The highest BCUT2D eigenvalue weighted by Crippen LogP contribution is 1.99. The lowest BCUT2D eigenvalue weighted by atomic mass is 10.2. The van der Waals surface area contributed by atoms with Crippen molar-refractivity contribution in [3.05, 3.63) is 18.7 Å². The van der Waals surface area contributed by atoms with Crippen LogP contribution in [0.1, 0.15) is 26.2 Å². The minimum atomic E-state index is 0.675. The quantitative estimate of drug-likeness (QED) is 0.514. The molecule has 16 heavy (non-hydrogen) atoms. The summed E-state index contributed by atoms with van der Waals surface area (Å²) in [5.74, 6) is 2.37. The zero-order chi connectivity index (χ0) is 11.6. The maximum atomic E-state index is 8.42. The van der Waals surface area contributed by atoms with Crippen molar-refractivity contribution in [2.75, 3.05) is 11.5 Å². The molecule has 0 saturated heterocycles. The van der Waals surface area contributed by atoms with E-state index in [1.165, 1.54) is 11.5 Å². The Bertz CT molecular complexity index is 327. The van der Waals surface area contributed by atoms with Gasteiger partial charge in [0.05, 0.1) is 19.2 Å². The van der Waals surface area contributed by atoms with Gasteiger partial charge in [-0.2, -0.15) is 17.0 Å². The molecule has 1 rings (SSSR count). The van der Waals surface area contributed by atoms with E-state index in [0.29, 0.717) is 6.42 Å². The van der Waals surface area contributed by atoms with Gasteiger partial charge in [0.2, 0.25) is 6.33 Å². The summed E-state index contributed by atoms with van der Waals surface area (Å²) in [7, 11) is 0. The second kappa shape index (κ2) is 8.23. The number of nitriles is 1. The summed E-state index contributed by atoms with van der Waals surface area (Å²) >= 11 is 1.97. The molecule has 0 bridgehead atoms. The van der Waals surface area contributed by atoms with Crippen molar-refractivity contribution in [3.63, 3.8) is 0 Å². The van der Waals surface area contributed by atoms with Crippen LogP contribution in [0.25, 0.3) is 0 Å². The van der Waals surface area contributed by atoms with Crippen LogP contribution in [-0.4, -0.2) is 16.1 Å². The Morgan fingerprint density at radius 2 is 2.31 bits per heavy atom. The minimum Gasteiger partial charge on any atom is -0.237 e. The first kappa shape index (κ1) is 13.1. The van der Waals surface area contributed by atoms with E-state index in [1.54, 1.807) is 0 Å². The highest BCUT2D eigenvalue weighted by atomic mass is 32.2. The minimum absolute atomic E-state index is 0.675. The van der Waals surface area contributed by atoms with Gasteiger partial charge < -0.3 is 0 Å². The standard InChI is InChI=1S/C12H20N3S/c1-2-16-11-10-15-9-8-14(12-15)7-5-3-4-6-13/h8-9,12H,2-5,7,10-11H2,1H3/q+1. The lowest BCUT2D eigenvalue weighted by Crippen LogP contribution is -2.30. The van der Waals surface area contributed by atoms with Gasteiger partial charge in [-0.1, -0.05) is 6.92 Å². The molecule has 0 saturated carbocycles. The van der Waals surface area contributed by atoms with Crippen molar-refractivity contribution < 1.29 is 4.57 Å². The van der Waals surface area contributed by atoms with Crippen LogP contribution >= 0.6 is 11.8 Å². The maximum absolute atomic E-state index is 8.42. The average Bonchev–Trinajstić information content (AvgIpc) is 2.73. The molecule has 4 heteroatoms. The topological polar surface area (TPSA) is 32.6 Å². The Hall–Kier alpha value is -0.950. The first-order valence-corrected chi connectivity index (χ1v) is 7.01. The van der Waals surface area contributed by atoms with Gasteiger partial charge in [-0.15, -0.1) is 0 Å². The summed E-state index contributed by atoms with van der Waals surface area (Å²) in [6, 6.07) is 2.18. The Morgan fingerprint density at radius 3 is 3.06 bits per heavy atom. The predicted molar refractivity (Wildman–Crippen MR) is 67.1 cm³/mol. The monoisotopic (exact) mass is 238 g/mol. The summed E-state index contributed by atoms with van der Waals surface area (Å²) in [5, 5.41) is 8.42. The third-order valence-corrected chi connectivity index (χ3v) is 3.28. The SMILES string of the molecule is CCSCCn1cc[n+](CCCCC#N)c1. The Balaban J connectivity index is 2.20. The van der Waals surface area contributed by atoms with E-state index in [2.05, 4.69) is 40.8 Å². The van der Waals surface area contributed by atoms with E-state index in [-0.39, 0.29) is 0 Å². The molecule has 0 spiro atoms. The van der Waals surface area contributed by atoms with E-state index in [1.807, 2.05) is 11.8 Å². The molecule has 0 aliphatic heterocycles. The number of imidazole rings is 1. The molecule has 0 aliphatic carbocycles. The van der Waals surface area contributed by atoms with Crippen LogP contribution < -0.4 is 4.57 Å². The second-order valence-electron chi connectivity index (χ2n) is 3.70.